The molecule has 1 saturated carbocycles. The lowest BCUT2D eigenvalue weighted by Crippen LogP contribution is -2.27. The van der Waals surface area contributed by atoms with Gasteiger partial charge in [-0.25, -0.2) is 0 Å². The minimum Gasteiger partial charge on any atom is -0.352 e. The Morgan fingerprint density at radius 3 is 2.80 bits per heavy atom. The van der Waals surface area contributed by atoms with Crippen molar-refractivity contribution < 1.29 is 4.79 Å². The molecule has 15 heavy (non-hydrogen) atoms. The van der Waals surface area contributed by atoms with Gasteiger partial charge in [-0.3, -0.25) is 4.79 Å². The third kappa shape index (κ3) is 2.49. The SMILES string of the molecule is NC1CC1C(=O)NCc1ccccc1Cl. The Hall–Kier alpha value is -1.06. The Balaban J connectivity index is 1.88. The molecule has 1 aromatic carbocycles. The highest BCUT2D eigenvalue weighted by molar-refractivity contribution is 6.31. The third-order valence-corrected chi connectivity index (χ3v) is 2.96. The average molecular weight is 225 g/mol. The summed E-state index contributed by atoms with van der Waals surface area (Å²) in [6.45, 7) is 0.474. The minimum absolute atomic E-state index is 0.00693. The molecule has 2 unspecified atom stereocenters. The van der Waals surface area contributed by atoms with E-state index in [1.54, 1.807) is 0 Å². The second-order valence-corrected chi connectivity index (χ2v) is 4.22. The molecule has 2 rings (SSSR count). The van der Waals surface area contributed by atoms with Crippen molar-refractivity contribution >= 4 is 17.5 Å². The van der Waals surface area contributed by atoms with Gasteiger partial charge in [-0.1, -0.05) is 29.8 Å². The number of carbonyl (C=O) groups is 1. The average Bonchev–Trinajstić information content (AvgIpc) is 2.94. The molecular formula is C11H13ClN2O. The Bertz CT molecular complexity index is 381. The molecular weight excluding hydrogens is 212 g/mol. The molecule has 0 radical (unpaired) electrons. The fourth-order valence-corrected chi connectivity index (χ4v) is 1.67. The van der Waals surface area contributed by atoms with E-state index in [1.165, 1.54) is 0 Å². The maximum Gasteiger partial charge on any atom is 0.225 e. The summed E-state index contributed by atoms with van der Waals surface area (Å²) in [7, 11) is 0. The highest BCUT2D eigenvalue weighted by Gasteiger charge is 2.39. The van der Waals surface area contributed by atoms with Crippen molar-refractivity contribution in [3.8, 4) is 0 Å². The van der Waals surface area contributed by atoms with Crippen LogP contribution in [0, 0.1) is 5.92 Å². The van der Waals surface area contributed by atoms with Crippen LogP contribution in [0.15, 0.2) is 24.3 Å². The zero-order valence-corrected chi connectivity index (χ0v) is 9.00. The minimum atomic E-state index is 0.00693. The highest BCUT2D eigenvalue weighted by atomic mass is 35.5. The number of rotatable bonds is 3. The Morgan fingerprint density at radius 2 is 2.20 bits per heavy atom. The van der Waals surface area contributed by atoms with Gasteiger partial charge in [0, 0.05) is 17.6 Å². The largest absolute Gasteiger partial charge is 0.352 e. The van der Waals surface area contributed by atoms with Crippen molar-refractivity contribution in [2.45, 2.75) is 19.0 Å². The number of hydrogen-bond acceptors (Lipinski definition) is 2. The van der Waals surface area contributed by atoms with Gasteiger partial charge in [-0.2, -0.15) is 0 Å². The Labute approximate surface area is 93.6 Å². The number of nitrogens with two attached hydrogens (primary N) is 1. The molecule has 1 aliphatic rings. The van der Waals surface area contributed by atoms with E-state index in [0.717, 1.165) is 12.0 Å². The molecule has 80 valence electrons. The third-order valence-electron chi connectivity index (χ3n) is 2.59. The first-order valence-corrected chi connectivity index (χ1v) is 5.33. The lowest BCUT2D eigenvalue weighted by atomic mass is 10.2. The maximum atomic E-state index is 11.5. The molecule has 0 heterocycles. The summed E-state index contributed by atoms with van der Waals surface area (Å²) >= 11 is 5.96. The fraction of sp³-hybridized carbons (Fsp3) is 0.364. The van der Waals surface area contributed by atoms with Crippen molar-refractivity contribution in [1.82, 2.24) is 5.32 Å². The Morgan fingerprint density at radius 1 is 1.53 bits per heavy atom. The van der Waals surface area contributed by atoms with Crippen molar-refractivity contribution in [3.63, 3.8) is 0 Å². The van der Waals surface area contributed by atoms with Crippen LogP contribution in [0.5, 0.6) is 0 Å². The van der Waals surface area contributed by atoms with Crippen LogP contribution in [-0.4, -0.2) is 11.9 Å². The van der Waals surface area contributed by atoms with Crippen LogP contribution in [0.2, 0.25) is 5.02 Å². The predicted octanol–water partition coefficient (Wildman–Crippen LogP) is 1.30. The first kappa shape index (κ1) is 10.5. The van der Waals surface area contributed by atoms with Gasteiger partial charge in [0.1, 0.15) is 0 Å². The molecule has 0 aromatic heterocycles. The zero-order valence-electron chi connectivity index (χ0n) is 8.24. The van der Waals surface area contributed by atoms with E-state index in [0.29, 0.717) is 11.6 Å². The molecule has 1 aliphatic carbocycles. The Kier molecular flexibility index (Phi) is 2.93. The molecule has 0 aliphatic heterocycles. The van der Waals surface area contributed by atoms with Crippen molar-refractivity contribution in [2.24, 2.45) is 11.7 Å². The van der Waals surface area contributed by atoms with Gasteiger partial charge >= 0.3 is 0 Å². The molecule has 1 aromatic rings. The van der Waals surface area contributed by atoms with E-state index in [-0.39, 0.29) is 17.9 Å². The summed E-state index contributed by atoms with van der Waals surface area (Å²) in [4.78, 5) is 11.5. The van der Waals surface area contributed by atoms with Crippen LogP contribution < -0.4 is 11.1 Å². The van der Waals surface area contributed by atoms with Gasteiger partial charge < -0.3 is 11.1 Å². The van der Waals surface area contributed by atoms with E-state index < -0.39 is 0 Å². The summed E-state index contributed by atoms with van der Waals surface area (Å²) < 4.78 is 0. The quantitative estimate of drug-likeness (QED) is 0.813. The second-order valence-electron chi connectivity index (χ2n) is 3.82. The highest BCUT2D eigenvalue weighted by Crippen LogP contribution is 2.27. The van der Waals surface area contributed by atoms with Crippen LogP contribution >= 0.6 is 11.6 Å². The van der Waals surface area contributed by atoms with Crippen LogP contribution in [0.25, 0.3) is 0 Å². The monoisotopic (exact) mass is 224 g/mol. The van der Waals surface area contributed by atoms with Crippen LogP contribution in [0.3, 0.4) is 0 Å². The summed E-state index contributed by atoms with van der Waals surface area (Å²) in [5, 5.41) is 3.51. The summed E-state index contributed by atoms with van der Waals surface area (Å²) in [6, 6.07) is 7.53. The van der Waals surface area contributed by atoms with E-state index in [2.05, 4.69) is 5.32 Å². The first-order chi connectivity index (χ1) is 7.18. The number of hydrogen-bond donors (Lipinski definition) is 2. The molecule has 4 heteroatoms. The molecule has 0 saturated heterocycles. The second kappa shape index (κ2) is 4.21. The fourth-order valence-electron chi connectivity index (χ4n) is 1.47. The first-order valence-electron chi connectivity index (χ1n) is 4.95. The van der Waals surface area contributed by atoms with E-state index in [4.69, 9.17) is 17.3 Å². The topological polar surface area (TPSA) is 55.1 Å². The normalized spacial score (nSPS) is 23.6. The molecule has 0 bridgehead atoms. The summed E-state index contributed by atoms with van der Waals surface area (Å²) in [5.41, 5.74) is 6.51. The lowest BCUT2D eigenvalue weighted by molar-refractivity contribution is -0.122. The van der Waals surface area contributed by atoms with Crippen LogP contribution in [-0.2, 0) is 11.3 Å². The van der Waals surface area contributed by atoms with Gasteiger partial charge in [0.15, 0.2) is 0 Å². The molecule has 1 amide bonds. The van der Waals surface area contributed by atoms with Gasteiger partial charge in [0.2, 0.25) is 5.91 Å². The summed E-state index contributed by atoms with van der Waals surface area (Å²) in [6.07, 6.45) is 0.800. The van der Waals surface area contributed by atoms with Gasteiger partial charge in [0.25, 0.3) is 0 Å². The number of benzene rings is 1. The van der Waals surface area contributed by atoms with Gasteiger partial charge in [-0.05, 0) is 18.1 Å². The van der Waals surface area contributed by atoms with Crippen molar-refractivity contribution in [3.05, 3.63) is 34.9 Å². The lowest BCUT2D eigenvalue weighted by Gasteiger charge is -2.05. The molecule has 3 N–H and O–H groups in total. The number of amides is 1. The van der Waals surface area contributed by atoms with Crippen LogP contribution in [0.4, 0.5) is 0 Å². The molecule has 1 fully saturated rings. The molecule has 3 nitrogen and oxygen atoms in total. The predicted molar refractivity (Wildman–Crippen MR) is 59.4 cm³/mol. The van der Waals surface area contributed by atoms with Gasteiger partial charge in [-0.15, -0.1) is 0 Å². The maximum absolute atomic E-state index is 11.5. The van der Waals surface area contributed by atoms with Gasteiger partial charge in [0.05, 0.1) is 5.92 Å². The van der Waals surface area contributed by atoms with E-state index >= 15 is 0 Å². The van der Waals surface area contributed by atoms with Crippen molar-refractivity contribution in [1.29, 1.82) is 0 Å². The zero-order chi connectivity index (χ0) is 10.8. The number of nitrogens with one attached hydrogen (secondary N) is 1. The standard InChI is InChI=1S/C11H13ClN2O/c12-9-4-2-1-3-7(9)6-14-11(15)8-5-10(8)13/h1-4,8,10H,5-6,13H2,(H,14,15). The van der Waals surface area contributed by atoms with Crippen LogP contribution in [0.1, 0.15) is 12.0 Å². The summed E-state index contributed by atoms with van der Waals surface area (Å²) in [5.74, 6) is 0.0370. The van der Waals surface area contributed by atoms with Crippen molar-refractivity contribution in [2.75, 3.05) is 0 Å². The van der Waals surface area contributed by atoms with E-state index in [9.17, 15) is 4.79 Å². The number of carbonyl (C=O) groups excluding carboxylic acids is 1. The number of halogens is 1. The van der Waals surface area contributed by atoms with E-state index in [1.807, 2.05) is 24.3 Å². The molecule has 2 atom stereocenters. The molecule has 0 spiro atoms. The smallest absolute Gasteiger partial charge is 0.225 e.